The van der Waals surface area contributed by atoms with Gasteiger partial charge in [-0.2, -0.15) is 5.10 Å². The Morgan fingerprint density at radius 2 is 1.68 bits per heavy atom. The van der Waals surface area contributed by atoms with Gasteiger partial charge in [-0.3, -0.25) is 4.79 Å². The smallest absolute Gasteiger partial charge is 0.303 e. The lowest BCUT2D eigenvalue weighted by molar-refractivity contribution is -0.142. The molecule has 0 aliphatic carbocycles. The summed E-state index contributed by atoms with van der Waals surface area (Å²) in [4.78, 5) is 20.5. The van der Waals surface area contributed by atoms with E-state index >= 15 is 0 Å². The monoisotopic (exact) mass is 504 g/mol. The number of fused-ring (bicyclic) bond motifs is 1. The van der Waals surface area contributed by atoms with E-state index in [1.54, 1.807) is 4.68 Å². The molecule has 2 heterocycles. The van der Waals surface area contributed by atoms with Crippen molar-refractivity contribution in [3.05, 3.63) is 69.0 Å². The first kappa shape index (κ1) is 18.8. The minimum Gasteiger partial charge on any atom is -0.459 e. The van der Waals surface area contributed by atoms with E-state index < -0.39 is 0 Å². The number of carbonyl (C=O) groups is 1. The van der Waals surface area contributed by atoms with Crippen LogP contribution in [0.4, 0.5) is 0 Å². The maximum Gasteiger partial charge on any atom is 0.303 e. The third kappa shape index (κ3) is 3.59. The second-order valence-electron chi connectivity index (χ2n) is 5.99. The number of para-hydroxylation sites is 3. The van der Waals surface area contributed by atoms with Crippen molar-refractivity contribution >= 4 is 51.2 Å². The van der Waals surface area contributed by atoms with Crippen molar-refractivity contribution in [2.75, 3.05) is 0 Å². The summed E-state index contributed by atoms with van der Waals surface area (Å²) >= 11 is 8.61. The van der Waals surface area contributed by atoms with Gasteiger partial charge in [-0.25, -0.2) is 14.6 Å². The molecular weight excluding hydrogens is 491 g/mol. The molecule has 2 aromatic heterocycles. The number of ether oxygens (including phenoxy) is 1. The van der Waals surface area contributed by atoms with Crippen LogP contribution in [0.2, 0.25) is 5.15 Å². The van der Waals surface area contributed by atoms with Crippen LogP contribution in [0, 0.1) is 3.57 Å². The van der Waals surface area contributed by atoms with Crippen LogP contribution in [0.5, 0.6) is 0 Å². The Morgan fingerprint density at radius 1 is 1.04 bits per heavy atom. The fourth-order valence-corrected chi connectivity index (χ4v) is 3.76. The number of hydrogen-bond donors (Lipinski definition) is 0. The fraction of sp³-hybridized carbons (Fsp3) is 0.100. The summed E-state index contributed by atoms with van der Waals surface area (Å²) in [7, 11) is 0. The highest BCUT2D eigenvalue weighted by atomic mass is 127. The molecule has 0 radical (unpaired) electrons. The second kappa shape index (κ2) is 7.84. The molecule has 0 atom stereocenters. The molecule has 28 heavy (non-hydrogen) atoms. The van der Waals surface area contributed by atoms with E-state index in [-0.39, 0.29) is 17.7 Å². The topological polar surface area (TPSA) is 69.9 Å². The van der Waals surface area contributed by atoms with Crippen LogP contribution in [-0.4, -0.2) is 25.7 Å². The lowest BCUT2D eigenvalue weighted by Gasteiger charge is -2.07. The van der Waals surface area contributed by atoms with Gasteiger partial charge in [0.1, 0.15) is 18.0 Å². The van der Waals surface area contributed by atoms with Crippen molar-refractivity contribution in [2.45, 2.75) is 13.5 Å². The van der Waals surface area contributed by atoms with Gasteiger partial charge >= 0.3 is 5.97 Å². The minimum atomic E-state index is -0.360. The van der Waals surface area contributed by atoms with Crippen molar-refractivity contribution in [3.8, 4) is 17.1 Å². The van der Waals surface area contributed by atoms with E-state index in [9.17, 15) is 4.79 Å². The van der Waals surface area contributed by atoms with Gasteiger partial charge in [0, 0.05) is 6.92 Å². The highest BCUT2D eigenvalue weighted by molar-refractivity contribution is 14.1. The fourth-order valence-electron chi connectivity index (χ4n) is 2.79. The molecule has 2 aromatic carbocycles. The Balaban J connectivity index is 1.90. The standard InChI is InChI=1S/C20H14ClIN4O2/c1-12(27)28-11-16-17(22)18(25-26(16)13-7-3-2-4-8-13)19-20(21)24-15-10-6-5-9-14(15)23-19/h2-10H,11H2,1H3. The van der Waals surface area contributed by atoms with Crippen LogP contribution in [0.15, 0.2) is 54.6 Å². The van der Waals surface area contributed by atoms with E-state index in [4.69, 9.17) is 21.4 Å². The summed E-state index contributed by atoms with van der Waals surface area (Å²) in [6.07, 6.45) is 0. The number of aromatic nitrogens is 4. The molecular formula is C20H14ClIN4O2. The second-order valence-corrected chi connectivity index (χ2v) is 7.43. The number of benzene rings is 2. The summed E-state index contributed by atoms with van der Waals surface area (Å²) in [6, 6.07) is 17.1. The van der Waals surface area contributed by atoms with E-state index in [0.717, 1.165) is 20.5 Å². The van der Waals surface area contributed by atoms with Gasteiger partial charge in [-0.1, -0.05) is 41.9 Å². The number of nitrogens with zero attached hydrogens (tertiary/aromatic N) is 4. The molecule has 0 unspecified atom stereocenters. The van der Waals surface area contributed by atoms with Crippen molar-refractivity contribution in [3.63, 3.8) is 0 Å². The highest BCUT2D eigenvalue weighted by Crippen LogP contribution is 2.32. The first-order valence-electron chi connectivity index (χ1n) is 8.43. The van der Waals surface area contributed by atoms with Crippen LogP contribution in [0.1, 0.15) is 12.6 Å². The van der Waals surface area contributed by atoms with Gasteiger partial charge in [-0.05, 0) is 46.9 Å². The summed E-state index contributed by atoms with van der Waals surface area (Å²) < 4.78 is 7.79. The lowest BCUT2D eigenvalue weighted by atomic mass is 10.2. The molecule has 0 aliphatic heterocycles. The Labute approximate surface area is 179 Å². The number of rotatable bonds is 4. The third-order valence-corrected chi connectivity index (χ3v) is 5.48. The summed E-state index contributed by atoms with van der Waals surface area (Å²) in [5, 5.41) is 5.00. The molecule has 0 amide bonds. The first-order valence-corrected chi connectivity index (χ1v) is 9.89. The third-order valence-electron chi connectivity index (χ3n) is 4.08. The molecule has 4 aromatic rings. The normalized spacial score (nSPS) is 11.0. The summed E-state index contributed by atoms with van der Waals surface area (Å²) in [5.74, 6) is -0.360. The zero-order valence-electron chi connectivity index (χ0n) is 14.8. The maximum atomic E-state index is 11.4. The van der Waals surface area contributed by atoms with E-state index in [1.165, 1.54) is 6.92 Å². The van der Waals surface area contributed by atoms with Gasteiger partial charge in [0.25, 0.3) is 0 Å². The predicted molar refractivity (Wildman–Crippen MR) is 115 cm³/mol. The Hall–Kier alpha value is -2.52. The van der Waals surface area contributed by atoms with Crippen molar-refractivity contribution in [2.24, 2.45) is 0 Å². The first-order chi connectivity index (χ1) is 13.5. The van der Waals surface area contributed by atoms with Crippen LogP contribution in [-0.2, 0) is 16.1 Å². The van der Waals surface area contributed by atoms with E-state index in [2.05, 4.69) is 32.6 Å². The molecule has 0 N–H and O–H groups in total. The van der Waals surface area contributed by atoms with Crippen molar-refractivity contribution in [1.29, 1.82) is 0 Å². The van der Waals surface area contributed by atoms with Gasteiger partial charge in [0.05, 0.1) is 26.0 Å². The Kier molecular flexibility index (Phi) is 5.27. The maximum absolute atomic E-state index is 11.4. The quantitative estimate of drug-likeness (QED) is 0.295. The number of carbonyl (C=O) groups excluding carboxylic acids is 1. The van der Waals surface area contributed by atoms with Crippen LogP contribution in [0.3, 0.4) is 0 Å². The number of halogens is 2. The predicted octanol–water partition coefficient (Wildman–Crippen LogP) is 4.80. The Bertz CT molecular complexity index is 1180. The van der Waals surface area contributed by atoms with Gasteiger partial charge in [-0.15, -0.1) is 0 Å². The summed E-state index contributed by atoms with van der Waals surface area (Å²) in [6.45, 7) is 1.47. The van der Waals surface area contributed by atoms with Gasteiger partial charge < -0.3 is 4.74 Å². The zero-order valence-corrected chi connectivity index (χ0v) is 17.7. The Morgan fingerprint density at radius 3 is 2.36 bits per heavy atom. The molecule has 6 nitrogen and oxygen atoms in total. The minimum absolute atomic E-state index is 0.0914. The van der Waals surface area contributed by atoms with Crippen molar-refractivity contribution < 1.29 is 9.53 Å². The molecule has 8 heteroatoms. The average Bonchev–Trinajstić information content (AvgIpc) is 3.02. The van der Waals surface area contributed by atoms with Crippen LogP contribution >= 0.6 is 34.2 Å². The molecule has 0 spiro atoms. The average molecular weight is 505 g/mol. The number of esters is 1. The largest absolute Gasteiger partial charge is 0.459 e. The molecule has 0 aliphatic rings. The zero-order chi connectivity index (χ0) is 19.7. The van der Waals surface area contributed by atoms with Crippen molar-refractivity contribution in [1.82, 2.24) is 19.7 Å². The van der Waals surface area contributed by atoms with Crippen LogP contribution in [0.25, 0.3) is 28.1 Å². The van der Waals surface area contributed by atoms with E-state index in [1.807, 2.05) is 54.6 Å². The highest BCUT2D eigenvalue weighted by Gasteiger charge is 2.22. The van der Waals surface area contributed by atoms with Gasteiger partial charge in [0.15, 0.2) is 5.15 Å². The number of hydrogen-bond acceptors (Lipinski definition) is 5. The molecule has 0 saturated heterocycles. The lowest BCUT2D eigenvalue weighted by Crippen LogP contribution is -2.07. The molecule has 0 fully saturated rings. The van der Waals surface area contributed by atoms with Gasteiger partial charge in [0.2, 0.25) is 0 Å². The molecule has 0 bridgehead atoms. The molecule has 0 saturated carbocycles. The summed E-state index contributed by atoms with van der Waals surface area (Å²) in [5.41, 5.74) is 4.11. The molecule has 140 valence electrons. The SMILES string of the molecule is CC(=O)OCc1c(I)c(-c2nc3ccccc3nc2Cl)nn1-c1ccccc1. The molecule has 4 rings (SSSR count). The van der Waals surface area contributed by atoms with E-state index in [0.29, 0.717) is 16.9 Å². The van der Waals surface area contributed by atoms with Crippen LogP contribution < -0.4 is 0 Å².